The van der Waals surface area contributed by atoms with E-state index in [9.17, 15) is 13.2 Å². The highest BCUT2D eigenvalue weighted by Crippen LogP contribution is 2.20. The average Bonchev–Trinajstić information content (AvgIpc) is 2.88. The molecule has 0 fully saturated rings. The van der Waals surface area contributed by atoms with E-state index < -0.39 is 16.0 Å². The van der Waals surface area contributed by atoms with Crippen LogP contribution in [0.15, 0.2) is 11.2 Å². The molecular weight excluding hydrogens is 298 g/mol. The van der Waals surface area contributed by atoms with Gasteiger partial charge in [0.15, 0.2) is 5.03 Å². The molecule has 1 aromatic rings. The number of methoxy groups -OCH3 is 1. The van der Waals surface area contributed by atoms with Crippen LogP contribution in [-0.4, -0.2) is 61.8 Å². The predicted octanol–water partition coefficient (Wildman–Crippen LogP) is 0.632. The molecule has 21 heavy (non-hydrogen) atoms. The van der Waals surface area contributed by atoms with E-state index in [-0.39, 0.29) is 36.4 Å². The van der Waals surface area contributed by atoms with Crippen molar-refractivity contribution < 1.29 is 22.7 Å². The van der Waals surface area contributed by atoms with Crippen molar-refractivity contribution >= 4 is 16.0 Å². The zero-order valence-electron chi connectivity index (χ0n) is 12.6. The second-order valence-corrected chi connectivity index (χ2v) is 6.36. The van der Waals surface area contributed by atoms with E-state index in [1.54, 1.807) is 20.8 Å². The topological polar surface area (TPSA) is 102 Å². The van der Waals surface area contributed by atoms with Gasteiger partial charge in [0, 0.05) is 19.7 Å². The smallest absolute Gasteiger partial charge is 0.342 e. The van der Waals surface area contributed by atoms with Gasteiger partial charge in [-0.3, -0.25) is 5.10 Å². The lowest BCUT2D eigenvalue weighted by atomic mass is 10.4. The molecule has 0 aliphatic rings. The van der Waals surface area contributed by atoms with Crippen LogP contribution in [0.25, 0.3) is 0 Å². The molecule has 1 heterocycles. The Hall–Kier alpha value is -1.45. The molecule has 120 valence electrons. The van der Waals surface area contributed by atoms with Gasteiger partial charge in [-0.1, -0.05) is 0 Å². The lowest BCUT2D eigenvalue weighted by Gasteiger charge is -2.25. The highest BCUT2D eigenvalue weighted by atomic mass is 32.2. The fourth-order valence-electron chi connectivity index (χ4n) is 1.78. The summed E-state index contributed by atoms with van der Waals surface area (Å²) >= 11 is 0. The van der Waals surface area contributed by atoms with Gasteiger partial charge in [-0.15, -0.1) is 0 Å². The van der Waals surface area contributed by atoms with Crippen molar-refractivity contribution in [1.82, 2.24) is 14.5 Å². The van der Waals surface area contributed by atoms with Crippen molar-refractivity contribution in [2.24, 2.45) is 0 Å². The zero-order valence-corrected chi connectivity index (χ0v) is 13.4. The van der Waals surface area contributed by atoms with Crippen molar-refractivity contribution in [2.45, 2.75) is 31.8 Å². The van der Waals surface area contributed by atoms with E-state index in [1.807, 2.05) is 0 Å². The van der Waals surface area contributed by atoms with Crippen molar-refractivity contribution in [3.8, 4) is 0 Å². The number of nitrogens with one attached hydrogen (secondary N) is 1. The summed E-state index contributed by atoms with van der Waals surface area (Å²) in [5, 5.41) is 5.77. The van der Waals surface area contributed by atoms with Crippen LogP contribution in [0.1, 0.15) is 31.1 Å². The van der Waals surface area contributed by atoms with Crippen LogP contribution in [0.3, 0.4) is 0 Å². The third-order valence-corrected chi connectivity index (χ3v) is 4.81. The molecule has 8 nitrogen and oxygen atoms in total. The number of rotatable bonds is 8. The quantitative estimate of drug-likeness (QED) is 0.705. The van der Waals surface area contributed by atoms with E-state index in [0.717, 1.165) is 6.20 Å². The van der Waals surface area contributed by atoms with Gasteiger partial charge in [0.1, 0.15) is 5.56 Å². The van der Waals surface area contributed by atoms with Crippen molar-refractivity contribution in [1.29, 1.82) is 0 Å². The number of ether oxygens (including phenoxy) is 2. The minimum atomic E-state index is -3.89. The van der Waals surface area contributed by atoms with E-state index >= 15 is 0 Å². The largest absolute Gasteiger partial charge is 0.462 e. The Kier molecular flexibility index (Phi) is 6.31. The molecule has 0 unspecified atom stereocenters. The SMILES string of the molecule is CCOC(=O)c1cn[nH]c1S(=O)(=O)N(CCOC)C(C)C. The molecule has 1 aromatic heterocycles. The first-order chi connectivity index (χ1) is 9.86. The molecule has 0 spiro atoms. The minimum Gasteiger partial charge on any atom is -0.462 e. The second kappa shape index (κ2) is 7.53. The molecule has 1 rings (SSSR count). The summed E-state index contributed by atoms with van der Waals surface area (Å²) in [5.74, 6) is -0.722. The Morgan fingerprint density at radius 3 is 2.67 bits per heavy atom. The summed E-state index contributed by atoms with van der Waals surface area (Å²) < 4.78 is 36.3. The Balaban J connectivity index is 3.17. The number of hydrogen-bond acceptors (Lipinski definition) is 6. The number of aromatic amines is 1. The molecule has 0 aliphatic heterocycles. The second-order valence-electron chi connectivity index (χ2n) is 4.54. The van der Waals surface area contributed by atoms with Crippen molar-refractivity contribution in [3.05, 3.63) is 11.8 Å². The van der Waals surface area contributed by atoms with Crippen molar-refractivity contribution in [2.75, 3.05) is 26.9 Å². The highest BCUT2D eigenvalue weighted by Gasteiger charge is 2.33. The molecule has 0 saturated carbocycles. The van der Waals surface area contributed by atoms with Gasteiger partial charge in [-0.05, 0) is 20.8 Å². The van der Waals surface area contributed by atoms with E-state index in [0.29, 0.717) is 0 Å². The van der Waals surface area contributed by atoms with Crippen LogP contribution in [0, 0.1) is 0 Å². The number of aromatic nitrogens is 2. The standard InChI is InChI=1S/C12H21N3O5S/c1-5-20-12(16)10-8-13-14-11(10)21(17,18)15(9(2)3)6-7-19-4/h8-9H,5-7H2,1-4H3,(H,13,14). The molecule has 0 aromatic carbocycles. The molecule has 0 saturated heterocycles. The fourth-order valence-corrected chi connectivity index (χ4v) is 3.47. The summed E-state index contributed by atoms with van der Waals surface area (Å²) in [4.78, 5) is 11.8. The van der Waals surface area contributed by atoms with E-state index in [4.69, 9.17) is 9.47 Å². The molecule has 0 aliphatic carbocycles. The molecular formula is C12H21N3O5S. The number of hydrogen-bond donors (Lipinski definition) is 1. The molecule has 0 bridgehead atoms. The van der Waals surface area contributed by atoms with E-state index in [1.165, 1.54) is 11.4 Å². The monoisotopic (exact) mass is 319 g/mol. The van der Waals surface area contributed by atoms with Crippen LogP contribution >= 0.6 is 0 Å². The summed E-state index contributed by atoms with van der Waals surface area (Å²) in [7, 11) is -2.40. The Labute approximate surface area is 124 Å². The maximum atomic E-state index is 12.7. The number of sulfonamides is 1. The summed E-state index contributed by atoms with van der Waals surface area (Å²) in [6.07, 6.45) is 1.15. The maximum Gasteiger partial charge on any atom is 0.342 e. The number of carbonyl (C=O) groups excluding carboxylic acids is 1. The number of nitrogens with zero attached hydrogens (tertiary/aromatic N) is 2. The molecule has 9 heteroatoms. The summed E-state index contributed by atoms with van der Waals surface area (Å²) in [6.45, 7) is 5.71. The van der Waals surface area contributed by atoms with Crippen LogP contribution in [0.4, 0.5) is 0 Å². The minimum absolute atomic E-state index is 0.0973. The maximum absolute atomic E-state index is 12.7. The average molecular weight is 319 g/mol. The van der Waals surface area contributed by atoms with Crippen LogP contribution < -0.4 is 0 Å². The third kappa shape index (κ3) is 4.02. The van der Waals surface area contributed by atoms with Crippen molar-refractivity contribution in [3.63, 3.8) is 0 Å². The van der Waals surface area contributed by atoms with Crippen LogP contribution in [0.2, 0.25) is 0 Å². The summed E-state index contributed by atoms with van der Waals surface area (Å²) in [6, 6.07) is -0.288. The first-order valence-corrected chi connectivity index (χ1v) is 8.01. The number of carbonyl (C=O) groups is 1. The lowest BCUT2D eigenvalue weighted by Crippen LogP contribution is -2.40. The van der Waals surface area contributed by atoms with Gasteiger partial charge in [-0.25, -0.2) is 13.2 Å². The molecule has 0 amide bonds. The van der Waals surface area contributed by atoms with Gasteiger partial charge in [0.25, 0.3) is 10.0 Å². The van der Waals surface area contributed by atoms with Crippen LogP contribution in [-0.2, 0) is 19.5 Å². The molecule has 0 radical (unpaired) electrons. The van der Waals surface area contributed by atoms with Gasteiger partial charge < -0.3 is 9.47 Å². The van der Waals surface area contributed by atoms with Gasteiger partial charge in [0.2, 0.25) is 0 Å². The van der Waals surface area contributed by atoms with Gasteiger partial charge in [-0.2, -0.15) is 9.40 Å². The third-order valence-electron chi connectivity index (χ3n) is 2.76. The van der Waals surface area contributed by atoms with Crippen LogP contribution in [0.5, 0.6) is 0 Å². The number of esters is 1. The first-order valence-electron chi connectivity index (χ1n) is 6.57. The normalized spacial score (nSPS) is 12.1. The predicted molar refractivity (Wildman–Crippen MR) is 75.4 cm³/mol. The first kappa shape index (κ1) is 17.6. The Morgan fingerprint density at radius 1 is 1.48 bits per heavy atom. The zero-order chi connectivity index (χ0) is 16.0. The fraction of sp³-hybridized carbons (Fsp3) is 0.667. The Morgan fingerprint density at radius 2 is 2.14 bits per heavy atom. The summed E-state index contributed by atoms with van der Waals surface area (Å²) in [5.41, 5.74) is -0.0973. The van der Waals surface area contributed by atoms with Gasteiger partial charge in [0.05, 0.1) is 19.4 Å². The van der Waals surface area contributed by atoms with E-state index in [2.05, 4.69) is 10.2 Å². The highest BCUT2D eigenvalue weighted by molar-refractivity contribution is 7.89. The van der Waals surface area contributed by atoms with Gasteiger partial charge >= 0.3 is 5.97 Å². The Bertz CT molecular complexity index is 567. The molecule has 0 atom stereocenters. The lowest BCUT2D eigenvalue weighted by molar-refractivity contribution is 0.0521. The number of H-pyrrole nitrogens is 1. The molecule has 1 N–H and O–H groups in total.